The third kappa shape index (κ3) is 6.52. The summed E-state index contributed by atoms with van der Waals surface area (Å²) in [6, 6.07) is 0. The predicted molar refractivity (Wildman–Crippen MR) is 163 cm³/mol. The third-order valence-electron chi connectivity index (χ3n) is 6.86. The van der Waals surface area contributed by atoms with Crippen molar-refractivity contribution in [1.29, 1.82) is 0 Å². The monoisotopic (exact) mass is 710 g/mol. The zero-order chi connectivity index (χ0) is 31.4. The van der Waals surface area contributed by atoms with E-state index in [0.29, 0.717) is 18.5 Å². The molecule has 8 atom stereocenters. The lowest BCUT2D eigenvalue weighted by Gasteiger charge is -2.25. The van der Waals surface area contributed by atoms with Crippen LogP contribution in [0.25, 0.3) is 22.3 Å². The van der Waals surface area contributed by atoms with Gasteiger partial charge in [0.05, 0.1) is 31.2 Å². The van der Waals surface area contributed by atoms with Crippen molar-refractivity contribution in [3.05, 3.63) is 29.3 Å². The Balaban J connectivity index is 1.14. The van der Waals surface area contributed by atoms with Gasteiger partial charge in [-0.25, -0.2) is 28.9 Å². The van der Waals surface area contributed by atoms with Gasteiger partial charge in [-0.2, -0.15) is 4.98 Å². The summed E-state index contributed by atoms with van der Waals surface area (Å²) < 4.78 is 52.5. The van der Waals surface area contributed by atoms with Crippen LogP contribution in [0.2, 0.25) is 0 Å². The molecule has 24 heteroatoms. The van der Waals surface area contributed by atoms with Gasteiger partial charge in [0, 0.05) is 5.25 Å². The van der Waals surface area contributed by atoms with Gasteiger partial charge in [-0.05, 0) is 24.6 Å². The van der Waals surface area contributed by atoms with E-state index < -0.39 is 50.3 Å². The Bertz CT molecular complexity index is 1860. The van der Waals surface area contributed by atoms with Crippen molar-refractivity contribution in [2.45, 2.75) is 48.1 Å². The van der Waals surface area contributed by atoms with Crippen molar-refractivity contribution >= 4 is 83.4 Å². The number of imidazole rings is 2. The number of thiol groups is 1. The van der Waals surface area contributed by atoms with Crippen molar-refractivity contribution in [2.24, 2.45) is 0 Å². The number of aromatic amines is 1. The second-order valence-electron chi connectivity index (χ2n) is 9.78. The number of nitrogens with one attached hydrogen (secondary N) is 1. The van der Waals surface area contributed by atoms with Gasteiger partial charge in [-0.1, -0.05) is 12.2 Å². The summed E-state index contributed by atoms with van der Waals surface area (Å²) in [6.07, 6.45) is -1.07. The summed E-state index contributed by atoms with van der Waals surface area (Å²) in [5.41, 5.74) is 11.9. The summed E-state index contributed by atoms with van der Waals surface area (Å²) in [4.78, 5) is 55.3. The Morgan fingerprint density at radius 1 is 1.14 bits per heavy atom. The average molecular weight is 711 g/mol. The maximum Gasteiger partial charge on any atom is 0.383 e. The molecule has 2 saturated heterocycles. The average Bonchev–Trinajstić information content (AvgIpc) is 3.73. The van der Waals surface area contributed by atoms with E-state index in [4.69, 9.17) is 41.6 Å². The van der Waals surface area contributed by atoms with Gasteiger partial charge in [0.1, 0.15) is 24.1 Å². The summed E-state index contributed by atoms with van der Waals surface area (Å²) in [7, 11) is 0. The first-order chi connectivity index (χ1) is 20.8. The Kier molecular flexibility index (Phi) is 8.78. The number of hydrogen-bond donors (Lipinski definition) is 6. The van der Waals surface area contributed by atoms with Crippen LogP contribution in [0.3, 0.4) is 0 Å². The van der Waals surface area contributed by atoms with E-state index in [9.17, 15) is 19.1 Å². The molecule has 0 spiro atoms. The summed E-state index contributed by atoms with van der Waals surface area (Å²) >= 11 is 10.2. The molecule has 2 aliphatic rings. The van der Waals surface area contributed by atoms with Gasteiger partial charge in [0.15, 0.2) is 35.0 Å². The van der Waals surface area contributed by atoms with Crippen LogP contribution >= 0.6 is 37.5 Å². The largest absolute Gasteiger partial charge is 0.383 e. The lowest BCUT2D eigenvalue weighted by molar-refractivity contribution is -0.0407. The van der Waals surface area contributed by atoms with Crippen molar-refractivity contribution in [3.8, 4) is 0 Å². The highest BCUT2D eigenvalue weighted by atomic mass is 32.7. The summed E-state index contributed by atoms with van der Waals surface area (Å²) in [5, 5.41) is -0.312. The molecular weight excluding hydrogens is 685 g/mol. The number of aromatic nitrogens is 8. The molecule has 0 aliphatic carbocycles. The topological polar surface area (TPSA) is 254 Å². The number of hydrogen-bond acceptors (Lipinski definition) is 15. The van der Waals surface area contributed by atoms with E-state index in [-0.39, 0.29) is 45.7 Å². The van der Waals surface area contributed by atoms with E-state index >= 15 is 4.39 Å². The molecule has 0 radical (unpaired) electrons. The number of thioether (sulfide) groups is 1. The molecule has 0 bridgehead atoms. The van der Waals surface area contributed by atoms with Crippen molar-refractivity contribution in [3.63, 3.8) is 0 Å². The molecule has 0 saturated carbocycles. The third-order valence-corrected chi connectivity index (χ3v) is 10.8. The molecule has 4 aromatic rings. The number of anilines is 2. The van der Waals surface area contributed by atoms with Crippen LogP contribution in [0.4, 0.5) is 16.2 Å². The second-order valence-corrected chi connectivity index (χ2v) is 16.8. The Hall–Kier alpha value is -2.23. The maximum atomic E-state index is 16.0. The first-order valence-corrected chi connectivity index (χ1v) is 19.0. The minimum absolute atomic E-state index is 0.0342. The van der Waals surface area contributed by atoms with Gasteiger partial charge in [0.25, 0.3) is 5.56 Å². The van der Waals surface area contributed by atoms with Crippen LogP contribution in [0.5, 0.6) is 0 Å². The maximum absolute atomic E-state index is 16.0. The first-order valence-electron chi connectivity index (χ1n) is 12.8. The summed E-state index contributed by atoms with van der Waals surface area (Å²) in [6.45, 7) is -9.05. The number of nitrogens with two attached hydrogens (primary N) is 2. The van der Waals surface area contributed by atoms with E-state index in [1.54, 1.807) is 4.57 Å². The van der Waals surface area contributed by atoms with Crippen molar-refractivity contribution in [2.75, 3.05) is 24.7 Å². The zero-order valence-corrected chi connectivity index (χ0v) is 26.5. The van der Waals surface area contributed by atoms with E-state index in [0.717, 1.165) is 0 Å². The molecule has 0 aromatic carbocycles. The fourth-order valence-corrected chi connectivity index (χ4v) is 8.47. The highest BCUT2D eigenvalue weighted by Crippen LogP contribution is 2.53. The van der Waals surface area contributed by atoms with Gasteiger partial charge in [0.2, 0.25) is 5.95 Å². The van der Waals surface area contributed by atoms with Crippen LogP contribution in [-0.4, -0.2) is 85.7 Å². The molecule has 44 heavy (non-hydrogen) atoms. The number of halogens is 1. The number of nitrogen functional groups attached to an aromatic ring is 2. The minimum Gasteiger partial charge on any atom is -0.382 e. The molecule has 238 valence electrons. The lowest BCUT2D eigenvalue weighted by atomic mass is 10.1. The van der Waals surface area contributed by atoms with Crippen LogP contribution in [0.1, 0.15) is 24.4 Å². The minimum atomic E-state index is -4.29. The van der Waals surface area contributed by atoms with Gasteiger partial charge in [-0.3, -0.25) is 23.4 Å². The van der Waals surface area contributed by atoms with Crippen molar-refractivity contribution < 1.29 is 37.1 Å². The molecule has 6 heterocycles. The van der Waals surface area contributed by atoms with Gasteiger partial charge >= 0.3 is 13.5 Å². The number of H-pyrrole nitrogens is 1. The number of rotatable bonds is 10. The van der Waals surface area contributed by atoms with Crippen LogP contribution < -0.4 is 17.0 Å². The molecule has 2 fully saturated rings. The van der Waals surface area contributed by atoms with Crippen LogP contribution in [0, 0.1) is 0 Å². The molecule has 7 N–H and O–H groups in total. The van der Waals surface area contributed by atoms with Crippen molar-refractivity contribution in [1.82, 2.24) is 39.0 Å². The van der Waals surface area contributed by atoms with E-state index in [1.807, 2.05) is 0 Å². The quantitative estimate of drug-likeness (QED) is 0.100. The van der Waals surface area contributed by atoms with Gasteiger partial charge in [-0.15, -0.1) is 11.8 Å². The zero-order valence-electron chi connectivity index (χ0n) is 22.2. The number of nitrogens with zero attached hydrogens (tertiary/aromatic N) is 7. The van der Waals surface area contributed by atoms with Gasteiger partial charge < -0.3 is 35.1 Å². The molecule has 2 aliphatic heterocycles. The Labute approximate surface area is 261 Å². The van der Waals surface area contributed by atoms with Crippen LogP contribution in [-0.2, 0) is 34.7 Å². The highest BCUT2D eigenvalue weighted by molar-refractivity contribution is 8.44. The molecule has 0 amide bonds. The molecule has 18 nitrogen and oxygen atoms in total. The molecule has 6 rings (SSSR count). The van der Waals surface area contributed by atoms with E-state index in [1.165, 1.54) is 35.3 Å². The summed E-state index contributed by atoms with van der Waals surface area (Å²) in [5.74, 6) is 0.0285. The fraction of sp³-hybridized carbons (Fsp3) is 0.500. The Morgan fingerprint density at radius 3 is 2.66 bits per heavy atom. The highest BCUT2D eigenvalue weighted by Gasteiger charge is 2.50. The van der Waals surface area contributed by atoms with Crippen LogP contribution in [0.15, 0.2) is 23.8 Å². The predicted octanol–water partition coefficient (Wildman–Crippen LogP) is 1.42. The fourth-order valence-electron chi connectivity index (χ4n) is 4.93. The van der Waals surface area contributed by atoms with E-state index in [2.05, 4.69) is 42.2 Å². The number of alkyl halides is 1. The molecular formula is C20H25FN10O8P2S3. The first kappa shape index (κ1) is 31.7. The number of fused-ring (bicyclic) bond motifs is 2. The standard InChI is InChI=1S/C20H25FN10O8P2S3/c21-11-14(9(4-36-40(33,34)42)38-19(11)31-7-26-12-15(22)24-5-25-16(12)31)39-41(35,43)37-3-8-1-2-10(44-8)30-6-27-13-17(30)28-20(23)29-18(13)32/h5-11,14,19H,1-4H2,(H,35,43)(H2,22,24,25)(H2,33,34,42)(H3,23,28,29,32)/t8-,9+,10+,11-,14+,19+,41?/m0/s1. The number of ether oxygens (including phenoxy) is 1. The molecule has 4 aromatic heterocycles. The smallest absolute Gasteiger partial charge is 0.382 e. The SMILES string of the molecule is Nc1nc2c(ncn2[C@H]2CC[C@@H](COP(O)(=S)O[C@H]3[C@H](F)[C@H](n4cnc5c(N)ncnc54)O[C@@H]3COP(=O)(O)S)S2)c(=O)[nH]1. The molecule has 2 unspecified atom stereocenters. The second kappa shape index (κ2) is 12.2. The lowest BCUT2D eigenvalue weighted by Crippen LogP contribution is -2.34. The Morgan fingerprint density at radius 2 is 1.89 bits per heavy atom. The normalized spacial score (nSPS) is 28.5.